The van der Waals surface area contributed by atoms with Gasteiger partial charge in [0, 0.05) is 7.05 Å². The van der Waals surface area contributed by atoms with E-state index in [1.165, 1.54) is 11.1 Å². The lowest BCUT2D eigenvalue weighted by Crippen LogP contribution is -2.31. The Morgan fingerprint density at radius 3 is 3.06 bits per heavy atom. The van der Waals surface area contributed by atoms with E-state index in [1.807, 2.05) is 12.1 Å². The molecule has 1 aromatic carbocycles. The highest BCUT2D eigenvalue weighted by atomic mass is 16.6. The number of aliphatic hydroxyl groups excluding tert-OH is 1. The van der Waals surface area contributed by atoms with E-state index in [1.54, 1.807) is 11.9 Å². The van der Waals surface area contributed by atoms with Gasteiger partial charge in [-0.05, 0) is 24.0 Å². The van der Waals surface area contributed by atoms with Gasteiger partial charge in [-0.1, -0.05) is 24.3 Å². The molecule has 0 fully saturated rings. The van der Waals surface area contributed by atoms with E-state index >= 15 is 0 Å². The summed E-state index contributed by atoms with van der Waals surface area (Å²) in [4.78, 5) is 13.3. The van der Waals surface area contributed by atoms with Crippen LogP contribution in [0, 0.1) is 0 Å². The van der Waals surface area contributed by atoms with Crippen molar-refractivity contribution in [2.45, 2.75) is 18.9 Å². The Kier molecular flexibility index (Phi) is 3.64. The van der Waals surface area contributed by atoms with Crippen LogP contribution in [0.3, 0.4) is 0 Å². The molecule has 1 unspecified atom stereocenters. The zero-order chi connectivity index (χ0) is 12.3. The maximum Gasteiger partial charge on any atom is 0.410 e. The molecule has 0 bridgehead atoms. The van der Waals surface area contributed by atoms with Crippen LogP contribution in [0.4, 0.5) is 4.79 Å². The predicted octanol–water partition coefficient (Wildman–Crippen LogP) is 1.73. The summed E-state index contributed by atoms with van der Waals surface area (Å²) in [6.07, 6.45) is 1.56. The van der Waals surface area contributed by atoms with E-state index in [0.29, 0.717) is 0 Å². The molecule has 0 aliphatic heterocycles. The van der Waals surface area contributed by atoms with Gasteiger partial charge in [0.1, 0.15) is 6.61 Å². The van der Waals surface area contributed by atoms with E-state index in [0.717, 1.165) is 12.8 Å². The normalized spacial score (nSPS) is 17.6. The molecule has 1 N–H and O–H groups in total. The summed E-state index contributed by atoms with van der Waals surface area (Å²) in [5.74, 6) is 0. The highest BCUT2D eigenvalue weighted by molar-refractivity contribution is 5.68. The van der Waals surface area contributed by atoms with Crippen molar-refractivity contribution >= 4 is 6.09 Å². The Balaban J connectivity index is 2.07. The average molecular weight is 235 g/mol. The van der Waals surface area contributed by atoms with E-state index in [9.17, 15) is 4.79 Å². The van der Waals surface area contributed by atoms with E-state index in [4.69, 9.17) is 9.84 Å². The second-order valence-corrected chi connectivity index (χ2v) is 4.20. The van der Waals surface area contributed by atoms with Gasteiger partial charge < -0.3 is 14.7 Å². The van der Waals surface area contributed by atoms with E-state index < -0.39 is 0 Å². The van der Waals surface area contributed by atoms with Crippen molar-refractivity contribution in [2.24, 2.45) is 0 Å². The van der Waals surface area contributed by atoms with E-state index in [2.05, 4.69) is 12.1 Å². The molecule has 1 aliphatic rings. The number of hydrogen-bond acceptors (Lipinski definition) is 3. The van der Waals surface area contributed by atoms with Gasteiger partial charge in [0.05, 0.1) is 12.6 Å². The lowest BCUT2D eigenvalue weighted by atomic mass is 10.1. The van der Waals surface area contributed by atoms with Gasteiger partial charge in [0.25, 0.3) is 0 Å². The van der Waals surface area contributed by atoms with E-state index in [-0.39, 0.29) is 25.3 Å². The zero-order valence-electron chi connectivity index (χ0n) is 9.93. The molecule has 2 rings (SSSR count). The molecule has 4 heteroatoms. The van der Waals surface area contributed by atoms with Crippen LogP contribution in [0.15, 0.2) is 24.3 Å². The number of aliphatic hydroxyl groups is 1. The Morgan fingerprint density at radius 1 is 1.53 bits per heavy atom. The minimum Gasteiger partial charge on any atom is -0.447 e. The van der Waals surface area contributed by atoms with Crippen LogP contribution in [-0.2, 0) is 11.2 Å². The molecule has 0 saturated carbocycles. The molecule has 0 spiro atoms. The van der Waals surface area contributed by atoms with Crippen LogP contribution in [-0.4, -0.2) is 36.4 Å². The number of rotatable bonds is 3. The van der Waals surface area contributed by atoms with Crippen molar-refractivity contribution in [3.05, 3.63) is 35.4 Å². The van der Waals surface area contributed by atoms with Crippen molar-refractivity contribution < 1.29 is 14.6 Å². The summed E-state index contributed by atoms with van der Waals surface area (Å²) < 4.78 is 4.92. The third kappa shape index (κ3) is 2.42. The molecular weight excluding hydrogens is 218 g/mol. The highest BCUT2D eigenvalue weighted by Gasteiger charge is 2.28. The summed E-state index contributed by atoms with van der Waals surface area (Å²) in [7, 11) is 1.74. The summed E-state index contributed by atoms with van der Waals surface area (Å²) in [6, 6.07) is 8.26. The third-order valence-corrected chi connectivity index (χ3v) is 3.17. The highest BCUT2D eigenvalue weighted by Crippen LogP contribution is 2.34. The first-order chi connectivity index (χ1) is 8.24. The monoisotopic (exact) mass is 235 g/mol. The molecule has 1 aromatic rings. The Morgan fingerprint density at radius 2 is 2.29 bits per heavy atom. The Labute approximate surface area is 101 Å². The number of ether oxygens (including phenoxy) is 1. The van der Waals surface area contributed by atoms with Crippen molar-refractivity contribution in [1.82, 2.24) is 4.90 Å². The van der Waals surface area contributed by atoms with Crippen LogP contribution >= 0.6 is 0 Å². The van der Waals surface area contributed by atoms with Crippen molar-refractivity contribution in [3.8, 4) is 0 Å². The van der Waals surface area contributed by atoms with Crippen molar-refractivity contribution in [1.29, 1.82) is 0 Å². The summed E-state index contributed by atoms with van der Waals surface area (Å²) >= 11 is 0. The number of carbonyl (C=O) groups excluding carboxylic acids is 1. The number of nitrogens with zero attached hydrogens (tertiary/aromatic N) is 1. The minimum absolute atomic E-state index is 0.0531. The lowest BCUT2D eigenvalue weighted by Gasteiger charge is -2.24. The number of amides is 1. The average Bonchev–Trinajstić information content (AvgIpc) is 2.78. The fourth-order valence-corrected chi connectivity index (χ4v) is 2.30. The van der Waals surface area contributed by atoms with Crippen LogP contribution in [0.5, 0.6) is 0 Å². The lowest BCUT2D eigenvalue weighted by molar-refractivity contribution is 0.0798. The Bertz CT molecular complexity index is 405. The Hall–Kier alpha value is -1.55. The fraction of sp³-hybridized carbons (Fsp3) is 0.462. The first-order valence-corrected chi connectivity index (χ1v) is 5.82. The second-order valence-electron chi connectivity index (χ2n) is 4.20. The summed E-state index contributed by atoms with van der Waals surface area (Å²) in [5, 5.41) is 8.62. The smallest absolute Gasteiger partial charge is 0.410 e. The summed E-state index contributed by atoms with van der Waals surface area (Å²) in [5.41, 5.74) is 2.51. The summed E-state index contributed by atoms with van der Waals surface area (Å²) in [6.45, 7) is -0.0849. The van der Waals surface area contributed by atoms with Gasteiger partial charge in [-0.2, -0.15) is 0 Å². The number of aryl methyl sites for hydroxylation is 1. The van der Waals surface area contributed by atoms with Crippen LogP contribution in [0.2, 0.25) is 0 Å². The first-order valence-electron chi connectivity index (χ1n) is 5.82. The topological polar surface area (TPSA) is 49.8 Å². The zero-order valence-corrected chi connectivity index (χ0v) is 9.93. The van der Waals surface area contributed by atoms with Gasteiger partial charge in [-0.15, -0.1) is 0 Å². The number of carbonyl (C=O) groups is 1. The molecule has 92 valence electrons. The molecule has 1 aliphatic carbocycles. The molecule has 4 nitrogen and oxygen atoms in total. The third-order valence-electron chi connectivity index (χ3n) is 3.17. The maximum atomic E-state index is 11.7. The molecule has 1 amide bonds. The van der Waals surface area contributed by atoms with Crippen LogP contribution < -0.4 is 0 Å². The first kappa shape index (κ1) is 11.9. The van der Waals surface area contributed by atoms with Crippen molar-refractivity contribution in [2.75, 3.05) is 20.3 Å². The molecular formula is C13H17NO3. The molecule has 0 heterocycles. The molecule has 0 radical (unpaired) electrons. The number of fused-ring (bicyclic) bond motifs is 1. The van der Waals surface area contributed by atoms with Crippen molar-refractivity contribution in [3.63, 3.8) is 0 Å². The van der Waals surface area contributed by atoms with Gasteiger partial charge in [0.15, 0.2) is 0 Å². The minimum atomic E-state index is -0.374. The number of hydrogen-bond donors (Lipinski definition) is 1. The van der Waals surface area contributed by atoms with Gasteiger partial charge >= 0.3 is 6.09 Å². The molecule has 1 atom stereocenters. The van der Waals surface area contributed by atoms with Crippen LogP contribution in [0.1, 0.15) is 23.6 Å². The second kappa shape index (κ2) is 5.19. The predicted molar refractivity (Wildman–Crippen MR) is 63.7 cm³/mol. The van der Waals surface area contributed by atoms with Gasteiger partial charge in [-0.3, -0.25) is 0 Å². The maximum absolute atomic E-state index is 11.7. The largest absolute Gasteiger partial charge is 0.447 e. The number of benzene rings is 1. The van der Waals surface area contributed by atoms with Crippen LogP contribution in [0.25, 0.3) is 0 Å². The standard InChI is InChI=1S/C13H17NO3/c1-14(13(16)17-9-8-15)12-7-6-10-4-2-3-5-11(10)12/h2-5,12,15H,6-9H2,1H3. The molecule has 0 aromatic heterocycles. The fourth-order valence-electron chi connectivity index (χ4n) is 2.30. The van der Waals surface area contributed by atoms with Gasteiger partial charge in [0.2, 0.25) is 0 Å². The molecule has 0 saturated heterocycles. The SMILES string of the molecule is CN(C(=O)OCCO)C1CCc2ccccc21. The van der Waals surface area contributed by atoms with Gasteiger partial charge in [-0.25, -0.2) is 4.79 Å². The molecule has 17 heavy (non-hydrogen) atoms. The quantitative estimate of drug-likeness (QED) is 0.868.